The fourth-order valence-corrected chi connectivity index (χ4v) is 5.16. The van der Waals surface area contributed by atoms with Crippen molar-refractivity contribution in [2.45, 2.75) is 44.3 Å². The first-order valence-electron chi connectivity index (χ1n) is 9.56. The van der Waals surface area contributed by atoms with Crippen LogP contribution in [0.4, 0.5) is 5.69 Å². The van der Waals surface area contributed by atoms with Gasteiger partial charge in [0.25, 0.3) is 10.0 Å². The van der Waals surface area contributed by atoms with Crippen molar-refractivity contribution < 1.29 is 13.2 Å². The largest absolute Gasteiger partial charge is 0.354 e. The third kappa shape index (κ3) is 6.78. The fourth-order valence-electron chi connectivity index (χ4n) is 2.84. The fraction of sp³-hybridized carbons (Fsp3) is 0.409. The highest BCUT2D eigenvalue weighted by atomic mass is 32.2. The van der Waals surface area contributed by atoms with E-state index >= 15 is 0 Å². The monoisotopic (exact) mass is 434 g/mol. The maximum absolute atomic E-state index is 13.3. The Kier molecular flexibility index (Phi) is 7.77. The van der Waals surface area contributed by atoms with Gasteiger partial charge in [0.2, 0.25) is 5.91 Å². The third-order valence-electron chi connectivity index (χ3n) is 4.20. The lowest BCUT2D eigenvalue weighted by molar-refractivity contribution is -0.119. The smallest absolute Gasteiger partial charge is 0.264 e. The van der Waals surface area contributed by atoms with Gasteiger partial charge in [0.15, 0.2) is 0 Å². The predicted octanol–water partition coefficient (Wildman–Crippen LogP) is 4.15. The number of amides is 1. The van der Waals surface area contributed by atoms with E-state index < -0.39 is 10.0 Å². The molecule has 2 rings (SSSR count). The van der Waals surface area contributed by atoms with Crippen LogP contribution in [0.1, 0.15) is 31.9 Å². The topological polar surface area (TPSA) is 66.5 Å². The SMILES string of the molecule is Cc1ccc(N(CC(=O)NCCSC(C)(C)C)S(=O)(=O)c2ccccc2)c(C)c1. The molecule has 2 aromatic rings. The summed E-state index contributed by atoms with van der Waals surface area (Å²) in [7, 11) is -3.87. The van der Waals surface area contributed by atoms with Crippen LogP contribution in [0, 0.1) is 13.8 Å². The highest BCUT2D eigenvalue weighted by molar-refractivity contribution is 8.00. The quantitative estimate of drug-likeness (QED) is 0.634. The van der Waals surface area contributed by atoms with Gasteiger partial charge >= 0.3 is 0 Å². The number of benzene rings is 2. The van der Waals surface area contributed by atoms with Crippen molar-refractivity contribution in [2.24, 2.45) is 0 Å². The molecule has 0 atom stereocenters. The molecule has 0 heterocycles. The van der Waals surface area contributed by atoms with Crippen LogP contribution in [0.15, 0.2) is 53.4 Å². The number of anilines is 1. The van der Waals surface area contributed by atoms with Crippen molar-refractivity contribution in [3.8, 4) is 0 Å². The number of rotatable bonds is 8. The van der Waals surface area contributed by atoms with Crippen LogP contribution in [0.25, 0.3) is 0 Å². The summed E-state index contributed by atoms with van der Waals surface area (Å²) in [6.45, 7) is 10.4. The van der Waals surface area contributed by atoms with E-state index in [1.807, 2.05) is 26.0 Å². The Morgan fingerprint density at radius 1 is 1.07 bits per heavy atom. The van der Waals surface area contributed by atoms with Gasteiger partial charge in [-0.2, -0.15) is 11.8 Å². The summed E-state index contributed by atoms with van der Waals surface area (Å²) in [6, 6.07) is 13.7. The molecule has 0 saturated heterocycles. The van der Waals surface area contributed by atoms with Gasteiger partial charge in [0, 0.05) is 17.0 Å². The van der Waals surface area contributed by atoms with Gasteiger partial charge < -0.3 is 5.32 Å². The standard InChI is InChI=1S/C22H30N2O3S2/c1-17-11-12-20(18(2)15-17)24(29(26,27)19-9-7-6-8-10-19)16-21(25)23-13-14-28-22(3,4)5/h6-12,15H,13-14,16H2,1-5H3,(H,23,25). The van der Waals surface area contributed by atoms with E-state index in [9.17, 15) is 13.2 Å². The normalized spacial score (nSPS) is 11.9. The van der Waals surface area contributed by atoms with Gasteiger partial charge in [-0.1, -0.05) is 56.7 Å². The highest BCUT2D eigenvalue weighted by Gasteiger charge is 2.28. The Morgan fingerprint density at radius 2 is 1.72 bits per heavy atom. The summed E-state index contributed by atoms with van der Waals surface area (Å²) in [6.07, 6.45) is 0. The van der Waals surface area contributed by atoms with Crippen molar-refractivity contribution in [3.05, 3.63) is 59.7 Å². The second-order valence-corrected chi connectivity index (χ2v) is 11.7. The molecule has 0 unspecified atom stereocenters. The van der Waals surface area contributed by atoms with Gasteiger partial charge in [0.1, 0.15) is 6.54 Å². The van der Waals surface area contributed by atoms with E-state index in [-0.39, 0.29) is 22.1 Å². The van der Waals surface area contributed by atoms with Crippen LogP contribution in [0.3, 0.4) is 0 Å². The average molecular weight is 435 g/mol. The molecule has 0 bridgehead atoms. The van der Waals surface area contributed by atoms with E-state index in [0.29, 0.717) is 12.2 Å². The zero-order valence-electron chi connectivity index (χ0n) is 17.7. The van der Waals surface area contributed by atoms with Crippen molar-refractivity contribution in [2.75, 3.05) is 23.1 Å². The number of carbonyl (C=O) groups excluding carboxylic acids is 1. The lowest BCUT2D eigenvalue weighted by Gasteiger charge is -2.26. The van der Waals surface area contributed by atoms with Gasteiger partial charge in [-0.25, -0.2) is 8.42 Å². The second-order valence-electron chi connectivity index (χ2n) is 7.93. The molecule has 0 aromatic heterocycles. The number of aryl methyl sites for hydroxylation is 2. The van der Waals surface area contributed by atoms with Crippen molar-refractivity contribution >= 4 is 33.4 Å². The number of nitrogens with zero attached hydrogens (tertiary/aromatic N) is 1. The number of nitrogens with one attached hydrogen (secondary N) is 1. The molecule has 5 nitrogen and oxygen atoms in total. The van der Waals surface area contributed by atoms with Gasteiger partial charge in [-0.05, 0) is 37.6 Å². The summed E-state index contributed by atoms with van der Waals surface area (Å²) in [5, 5.41) is 2.84. The minimum atomic E-state index is -3.87. The van der Waals surface area contributed by atoms with Gasteiger partial charge in [-0.15, -0.1) is 0 Å². The van der Waals surface area contributed by atoms with E-state index in [1.54, 1.807) is 48.2 Å². The lowest BCUT2D eigenvalue weighted by Crippen LogP contribution is -2.41. The molecule has 0 aliphatic rings. The molecule has 158 valence electrons. The van der Waals surface area contributed by atoms with E-state index in [1.165, 1.54) is 4.31 Å². The van der Waals surface area contributed by atoms with Crippen LogP contribution in [-0.2, 0) is 14.8 Å². The Labute approximate surface area is 178 Å². The Morgan fingerprint density at radius 3 is 2.31 bits per heavy atom. The van der Waals surface area contributed by atoms with Crippen LogP contribution >= 0.6 is 11.8 Å². The molecule has 0 radical (unpaired) electrons. The number of hydrogen-bond donors (Lipinski definition) is 1. The summed E-state index contributed by atoms with van der Waals surface area (Å²) in [5.74, 6) is 0.448. The maximum Gasteiger partial charge on any atom is 0.264 e. The Balaban J connectivity index is 2.25. The summed E-state index contributed by atoms with van der Waals surface area (Å²) in [4.78, 5) is 12.7. The molecule has 29 heavy (non-hydrogen) atoms. The molecule has 0 fully saturated rings. The third-order valence-corrected chi connectivity index (χ3v) is 7.25. The minimum Gasteiger partial charge on any atom is -0.354 e. The number of hydrogen-bond acceptors (Lipinski definition) is 4. The second kappa shape index (κ2) is 9.67. The number of sulfonamides is 1. The predicted molar refractivity (Wildman–Crippen MR) is 122 cm³/mol. The molecule has 0 aliphatic heterocycles. The van der Waals surface area contributed by atoms with Crippen LogP contribution < -0.4 is 9.62 Å². The lowest BCUT2D eigenvalue weighted by atomic mass is 10.1. The van der Waals surface area contributed by atoms with Crippen LogP contribution in [-0.4, -0.2) is 37.9 Å². The first-order valence-corrected chi connectivity index (χ1v) is 12.0. The number of thioether (sulfide) groups is 1. The summed E-state index contributed by atoms with van der Waals surface area (Å²) in [5.41, 5.74) is 2.35. The van der Waals surface area contributed by atoms with E-state index in [2.05, 4.69) is 26.1 Å². The van der Waals surface area contributed by atoms with Crippen molar-refractivity contribution in [1.29, 1.82) is 0 Å². The highest BCUT2D eigenvalue weighted by Crippen LogP contribution is 2.27. The summed E-state index contributed by atoms with van der Waals surface area (Å²) < 4.78 is 27.9. The van der Waals surface area contributed by atoms with E-state index in [0.717, 1.165) is 16.9 Å². The molecule has 7 heteroatoms. The van der Waals surface area contributed by atoms with Gasteiger partial charge in [0.05, 0.1) is 10.6 Å². The van der Waals surface area contributed by atoms with Gasteiger partial charge in [-0.3, -0.25) is 9.10 Å². The molecular weight excluding hydrogens is 404 g/mol. The van der Waals surface area contributed by atoms with Crippen LogP contribution in [0.5, 0.6) is 0 Å². The van der Waals surface area contributed by atoms with Crippen molar-refractivity contribution in [3.63, 3.8) is 0 Å². The molecule has 0 saturated carbocycles. The molecule has 1 N–H and O–H groups in total. The van der Waals surface area contributed by atoms with E-state index in [4.69, 9.17) is 0 Å². The molecule has 1 amide bonds. The maximum atomic E-state index is 13.3. The minimum absolute atomic E-state index is 0.117. The summed E-state index contributed by atoms with van der Waals surface area (Å²) >= 11 is 1.75. The first-order chi connectivity index (χ1) is 13.5. The Bertz CT molecular complexity index is 936. The first kappa shape index (κ1) is 23.3. The van der Waals surface area contributed by atoms with Crippen molar-refractivity contribution in [1.82, 2.24) is 5.32 Å². The molecular formula is C22H30N2O3S2. The molecule has 0 aliphatic carbocycles. The number of carbonyl (C=O) groups is 1. The molecule has 2 aromatic carbocycles. The van der Waals surface area contributed by atoms with Crippen LogP contribution in [0.2, 0.25) is 0 Å². The molecule has 0 spiro atoms. The zero-order valence-corrected chi connectivity index (χ0v) is 19.4. The average Bonchev–Trinajstić information content (AvgIpc) is 2.64. The zero-order chi connectivity index (χ0) is 21.7. The Hall–Kier alpha value is -1.99.